The number of hydrogen-bond donors (Lipinski definition) is 0. The summed E-state index contributed by atoms with van der Waals surface area (Å²) in [5.41, 5.74) is 0. The van der Waals surface area contributed by atoms with Crippen molar-refractivity contribution < 1.29 is 0 Å². The Balaban J connectivity index is 2.36. The van der Waals surface area contributed by atoms with Gasteiger partial charge >= 0.3 is 0 Å². The molecule has 78 valence electrons. The van der Waals surface area contributed by atoms with Crippen molar-refractivity contribution in [2.45, 2.75) is 65.0 Å². The molecule has 0 unspecified atom stereocenters. The maximum atomic E-state index is 2.58. The van der Waals surface area contributed by atoms with Crippen LogP contribution in [0.4, 0.5) is 0 Å². The van der Waals surface area contributed by atoms with Crippen LogP contribution in [0.15, 0.2) is 0 Å². The van der Waals surface area contributed by atoms with Crippen molar-refractivity contribution in [1.29, 1.82) is 0 Å². The molecule has 0 saturated heterocycles. The average Bonchev–Trinajstić information content (AvgIpc) is 2.88. The SMILES string of the molecule is CCCC[C@@H](C1CC1)N(C)C(C)C. The predicted molar refractivity (Wildman–Crippen MR) is 58.9 cm³/mol. The number of nitrogens with zero attached hydrogens (tertiary/aromatic N) is 1. The molecule has 0 aromatic carbocycles. The lowest BCUT2D eigenvalue weighted by atomic mass is 10.0. The van der Waals surface area contributed by atoms with Crippen molar-refractivity contribution >= 4 is 0 Å². The summed E-state index contributed by atoms with van der Waals surface area (Å²) in [6.07, 6.45) is 7.11. The van der Waals surface area contributed by atoms with Gasteiger partial charge in [0.1, 0.15) is 0 Å². The fourth-order valence-corrected chi connectivity index (χ4v) is 2.05. The summed E-state index contributed by atoms with van der Waals surface area (Å²) in [4.78, 5) is 2.58. The zero-order valence-corrected chi connectivity index (χ0v) is 9.71. The molecular formula is C12H25N. The highest BCUT2D eigenvalue weighted by Crippen LogP contribution is 2.37. The fourth-order valence-electron chi connectivity index (χ4n) is 2.05. The number of unbranched alkanes of at least 4 members (excludes halogenated alkanes) is 1. The molecule has 0 bridgehead atoms. The van der Waals surface area contributed by atoms with Gasteiger partial charge in [0.2, 0.25) is 0 Å². The topological polar surface area (TPSA) is 3.24 Å². The van der Waals surface area contributed by atoms with Gasteiger partial charge in [-0.3, -0.25) is 0 Å². The van der Waals surface area contributed by atoms with Gasteiger partial charge in [-0.25, -0.2) is 0 Å². The van der Waals surface area contributed by atoms with Crippen LogP contribution in [-0.4, -0.2) is 24.0 Å². The first kappa shape index (κ1) is 11.0. The second-order valence-corrected chi connectivity index (χ2v) is 4.81. The Kier molecular flexibility index (Phi) is 4.24. The molecule has 0 heterocycles. The van der Waals surface area contributed by atoms with E-state index in [2.05, 4.69) is 32.7 Å². The third kappa shape index (κ3) is 3.30. The molecular weight excluding hydrogens is 158 g/mol. The van der Waals surface area contributed by atoms with Gasteiger partial charge in [0.05, 0.1) is 0 Å². The van der Waals surface area contributed by atoms with Crippen molar-refractivity contribution in [2.75, 3.05) is 7.05 Å². The van der Waals surface area contributed by atoms with Crippen LogP contribution >= 0.6 is 0 Å². The van der Waals surface area contributed by atoms with Crippen LogP contribution in [0.1, 0.15) is 52.9 Å². The Labute approximate surface area is 83.5 Å². The summed E-state index contributed by atoms with van der Waals surface area (Å²) in [5, 5.41) is 0. The predicted octanol–water partition coefficient (Wildman–Crippen LogP) is 3.30. The van der Waals surface area contributed by atoms with Crippen LogP contribution in [-0.2, 0) is 0 Å². The first-order valence-electron chi connectivity index (χ1n) is 5.88. The minimum absolute atomic E-state index is 0.711. The van der Waals surface area contributed by atoms with E-state index in [0.717, 1.165) is 12.0 Å². The molecule has 0 spiro atoms. The molecule has 1 nitrogen and oxygen atoms in total. The summed E-state index contributed by atoms with van der Waals surface area (Å²) in [6, 6.07) is 1.59. The molecule has 1 atom stereocenters. The van der Waals surface area contributed by atoms with Gasteiger partial charge in [-0.05, 0) is 46.1 Å². The Bertz CT molecular complexity index is 138. The second-order valence-electron chi connectivity index (χ2n) is 4.81. The third-order valence-corrected chi connectivity index (χ3v) is 3.36. The molecule has 13 heavy (non-hydrogen) atoms. The quantitative estimate of drug-likeness (QED) is 0.611. The molecule has 1 rings (SSSR count). The van der Waals surface area contributed by atoms with Crippen molar-refractivity contribution in [3.8, 4) is 0 Å². The molecule has 1 aliphatic carbocycles. The first-order chi connectivity index (χ1) is 6.16. The zero-order valence-electron chi connectivity index (χ0n) is 9.71. The van der Waals surface area contributed by atoms with Crippen LogP contribution in [0.2, 0.25) is 0 Å². The monoisotopic (exact) mass is 183 g/mol. The van der Waals surface area contributed by atoms with E-state index in [1.54, 1.807) is 0 Å². The van der Waals surface area contributed by atoms with Gasteiger partial charge in [0.25, 0.3) is 0 Å². The summed E-state index contributed by atoms with van der Waals surface area (Å²) in [7, 11) is 2.29. The number of hydrogen-bond acceptors (Lipinski definition) is 1. The summed E-state index contributed by atoms with van der Waals surface area (Å²) < 4.78 is 0. The molecule has 0 amide bonds. The van der Waals surface area contributed by atoms with E-state index in [1.165, 1.54) is 32.1 Å². The standard InChI is InChI=1S/C12H25N/c1-5-6-7-12(11-8-9-11)13(4)10(2)3/h10-12H,5-9H2,1-4H3/t12-/m0/s1. The normalized spacial score (nSPS) is 19.8. The Morgan fingerprint density at radius 2 is 1.92 bits per heavy atom. The summed E-state index contributed by atoms with van der Waals surface area (Å²) in [6.45, 7) is 6.90. The molecule has 1 saturated carbocycles. The lowest BCUT2D eigenvalue weighted by Crippen LogP contribution is -2.38. The highest BCUT2D eigenvalue weighted by Gasteiger charge is 2.33. The van der Waals surface area contributed by atoms with E-state index >= 15 is 0 Å². The van der Waals surface area contributed by atoms with Gasteiger partial charge in [-0.1, -0.05) is 19.8 Å². The van der Waals surface area contributed by atoms with Gasteiger partial charge in [-0.15, -0.1) is 0 Å². The van der Waals surface area contributed by atoms with Crippen LogP contribution in [0.25, 0.3) is 0 Å². The van der Waals surface area contributed by atoms with Crippen LogP contribution in [0.5, 0.6) is 0 Å². The molecule has 1 fully saturated rings. The minimum Gasteiger partial charge on any atom is -0.301 e. The average molecular weight is 183 g/mol. The molecule has 0 N–H and O–H groups in total. The van der Waals surface area contributed by atoms with Crippen LogP contribution < -0.4 is 0 Å². The first-order valence-corrected chi connectivity index (χ1v) is 5.88. The van der Waals surface area contributed by atoms with Crippen molar-refractivity contribution in [2.24, 2.45) is 5.92 Å². The van der Waals surface area contributed by atoms with E-state index < -0.39 is 0 Å². The molecule has 1 heteroatoms. The molecule has 0 aliphatic heterocycles. The molecule has 0 aromatic heterocycles. The largest absolute Gasteiger partial charge is 0.301 e. The maximum Gasteiger partial charge on any atom is 0.0123 e. The fraction of sp³-hybridized carbons (Fsp3) is 1.00. The smallest absolute Gasteiger partial charge is 0.0123 e. The van der Waals surface area contributed by atoms with Gasteiger partial charge in [-0.2, -0.15) is 0 Å². The zero-order chi connectivity index (χ0) is 9.84. The van der Waals surface area contributed by atoms with Crippen molar-refractivity contribution in [3.05, 3.63) is 0 Å². The Morgan fingerprint density at radius 3 is 2.31 bits per heavy atom. The van der Waals surface area contributed by atoms with Crippen LogP contribution in [0.3, 0.4) is 0 Å². The highest BCUT2D eigenvalue weighted by molar-refractivity contribution is 4.87. The Morgan fingerprint density at radius 1 is 1.31 bits per heavy atom. The van der Waals surface area contributed by atoms with E-state index in [1.807, 2.05) is 0 Å². The van der Waals surface area contributed by atoms with Crippen molar-refractivity contribution in [1.82, 2.24) is 4.90 Å². The van der Waals surface area contributed by atoms with Gasteiger partial charge < -0.3 is 4.90 Å². The van der Waals surface area contributed by atoms with E-state index in [0.29, 0.717) is 6.04 Å². The maximum absolute atomic E-state index is 2.58. The number of rotatable bonds is 6. The minimum atomic E-state index is 0.711. The van der Waals surface area contributed by atoms with Gasteiger partial charge in [0.15, 0.2) is 0 Å². The third-order valence-electron chi connectivity index (χ3n) is 3.36. The van der Waals surface area contributed by atoms with E-state index in [-0.39, 0.29) is 0 Å². The highest BCUT2D eigenvalue weighted by atomic mass is 15.2. The molecule has 0 radical (unpaired) electrons. The second kappa shape index (κ2) is 4.99. The van der Waals surface area contributed by atoms with E-state index in [4.69, 9.17) is 0 Å². The lowest BCUT2D eigenvalue weighted by molar-refractivity contribution is 0.163. The van der Waals surface area contributed by atoms with E-state index in [9.17, 15) is 0 Å². The molecule has 0 aromatic rings. The van der Waals surface area contributed by atoms with Gasteiger partial charge in [0, 0.05) is 12.1 Å². The van der Waals surface area contributed by atoms with Crippen LogP contribution in [0, 0.1) is 5.92 Å². The lowest BCUT2D eigenvalue weighted by Gasteiger charge is -2.31. The van der Waals surface area contributed by atoms with Crippen molar-refractivity contribution in [3.63, 3.8) is 0 Å². The Hall–Kier alpha value is -0.0400. The summed E-state index contributed by atoms with van der Waals surface area (Å²) in [5.74, 6) is 1.03. The molecule has 1 aliphatic rings. The summed E-state index contributed by atoms with van der Waals surface area (Å²) >= 11 is 0.